The normalized spacial score (nSPS) is 13.0. The van der Waals surface area contributed by atoms with Crippen LogP contribution >= 0.6 is 0 Å². The minimum Gasteiger partial charge on any atom is -0.478 e. The molecule has 0 spiro atoms. The Hall–Kier alpha value is -2.43. The summed E-state index contributed by atoms with van der Waals surface area (Å²) >= 11 is 0. The van der Waals surface area contributed by atoms with E-state index in [0.29, 0.717) is 12.4 Å². The van der Waals surface area contributed by atoms with Gasteiger partial charge in [0.15, 0.2) is 0 Å². The molecule has 0 aliphatic heterocycles. The highest BCUT2D eigenvalue weighted by molar-refractivity contribution is 5.93. The number of hydrogen-bond acceptors (Lipinski definition) is 4. The summed E-state index contributed by atoms with van der Waals surface area (Å²) in [5, 5.41) is 9.43. The predicted molar refractivity (Wildman–Crippen MR) is 79.6 cm³/mol. The van der Waals surface area contributed by atoms with Crippen molar-refractivity contribution in [3.8, 4) is 0 Å². The molecule has 0 unspecified atom stereocenters. The standard InChI is InChI=1S/C16H17N3O2/c1-19(10-11-4-3-7-17-9-11)15-13(16(20)21)8-12-5-2-6-14(12)18-15/h3-4,7-9H,2,5-6,10H2,1H3,(H,20,21). The quantitative estimate of drug-likeness (QED) is 0.932. The molecule has 0 bridgehead atoms. The number of nitrogens with zero attached hydrogens (tertiary/aromatic N) is 3. The molecule has 0 amide bonds. The van der Waals surface area contributed by atoms with E-state index in [0.717, 1.165) is 36.1 Å². The molecule has 2 aromatic heterocycles. The summed E-state index contributed by atoms with van der Waals surface area (Å²) in [4.78, 5) is 22.1. The van der Waals surface area contributed by atoms with Crippen molar-refractivity contribution >= 4 is 11.8 Å². The Morgan fingerprint density at radius 1 is 1.43 bits per heavy atom. The number of aromatic nitrogens is 2. The van der Waals surface area contributed by atoms with E-state index in [4.69, 9.17) is 0 Å². The number of fused-ring (bicyclic) bond motifs is 1. The zero-order valence-corrected chi connectivity index (χ0v) is 11.9. The molecule has 108 valence electrons. The van der Waals surface area contributed by atoms with Crippen LogP contribution in [0.4, 0.5) is 5.82 Å². The van der Waals surface area contributed by atoms with E-state index in [-0.39, 0.29) is 5.56 Å². The van der Waals surface area contributed by atoms with Gasteiger partial charge in [-0.2, -0.15) is 0 Å². The average molecular weight is 283 g/mol. The first-order valence-electron chi connectivity index (χ1n) is 7.01. The molecular formula is C16H17N3O2. The van der Waals surface area contributed by atoms with Gasteiger partial charge in [-0.3, -0.25) is 4.98 Å². The Morgan fingerprint density at radius 2 is 2.29 bits per heavy atom. The topological polar surface area (TPSA) is 66.3 Å². The van der Waals surface area contributed by atoms with E-state index in [9.17, 15) is 9.90 Å². The first kappa shape index (κ1) is 13.5. The summed E-state index contributed by atoms with van der Waals surface area (Å²) in [5.74, 6) is -0.391. The summed E-state index contributed by atoms with van der Waals surface area (Å²) in [5.41, 5.74) is 3.42. The lowest BCUT2D eigenvalue weighted by Crippen LogP contribution is -2.21. The van der Waals surface area contributed by atoms with Crippen LogP contribution < -0.4 is 4.90 Å². The Bertz CT molecular complexity index is 671. The number of carboxylic acids is 1. The Morgan fingerprint density at radius 3 is 3.00 bits per heavy atom. The molecule has 5 nitrogen and oxygen atoms in total. The summed E-state index contributed by atoms with van der Waals surface area (Å²) < 4.78 is 0. The van der Waals surface area contributed by atoms with Gasteiger partial charge in [-0.05, 0) is 42.5 Å². The molecule has 0 radical (unpaired) electrons. The maximum Gasteiger partial charge on any atom is 0.339 e. The number of anilines is 1. The summed E-state index contributed by atoms with van der Waals surface area (Å²) in [6.07, 6.45) is 6.42. The van der Waals surface area contributed by atoms with Gasteiger partial charge in [0.05, 0.1) is 0 Å². The maximum atomic E-state index is 11.5. The van der Waals surface area contributed by atoms with Crippen LogP contribution in [0.1, 0.15) is 33.6 Å². The van der Waals surface area contributed by atoms with Crippen LogP contribution in [-0.2, 0) is 19.4 Å². The SMILES string of the molecule is CN(Cc1cccnc1)c1nc2c(cc1C(=O)O)CCC2. The van der Waals surface area contributed by atoms with E-state index in [2.05, 4.69) is 9.97 Å². The molecular weight excluding hydrogens is 266 g/mol. The highest BCUT2D eigenvalue weighted by Crippen LogP contribution is 2.27. The van der Waals surface area contributed by atoms with Crippen LogP contribution in [0.25, 0.3) is 0 Å². The monoisotopic (exact) mass is 283 g/mol. The summed E-state index contributed by atoms with van der Waals surface area (Å²) in [6, 6.07) is 5.63. The maximum absolute atomic E-state index is 11.5. The lowest BCUT2D eigenvalue weighted by atomic mass is 10.1. The van der Waals surface area contributed by atoms with E-state index in [1.165, 1.54) is 0 Å². The van der Waals surface area contributed by atoms with Crippen molar-refractivity contribution in [1.29, 1.82) is 0 Å². The van der Waals surface area contributed by atoms with E-state index in [1.807, 2.05) is 24.1 Å². The number of rotatable bonds is 4. The third-order valence-corrected chi connectivity index (χ3v) is 3.77. The van der Waals surface area contributed by atoms with Gasteiger partial charge in [0.2, 0.25) is 0 Å². The molecule has 1 aliphatic carbocycles. The smallest absolute Gasteiger partial charge is 0.339 e. The van der Waals surface area contributed by atoms with Gasteiger partial charge in [-0.15, -0.1) is 0 Å². The largest absolute Gasteiger partial charge is 0.478 e. The van der Waals surface area contributed by atoms with Crippen LogP contribution in [0.2, 0.25) is 0 Å². The van der Waals surface area contributed by atoms with Gasteiger partial charge < -0.3 is 10.0 Å². The molecule has 1 N–H and O–H groups in total. The second-order valence-corrected chi connectivity index (χ2v) is 5.34. The molecule has 0 saturated heterocycles. The lowest BCUT2D eigenvalue weighted by Gasteiger charge is -2.21. The fourth-order valence-electron chi connectivity index (χ4n) is 2.75. The first-order valence-corrected chi connectivity index (χ1v) is 7.01. The van der Waals surface area contributed by atoms with Gasteiger partial charge >= 0.3 is 5.97 Å². The zero-order chi connectivity index (χ0) is 14.8. The summed E-state index contributed by atoms with van der Waals surface area (Å²) in [7, 11) is 1.86. The zero-order valence-electron chi connectivity index (χ0n) is 11.9. The van der Waals surface area contributed by atoms with Crippen molar-refractivity contribution in [3.05, 3.63) is 53.0 Å². The van der Waals surface area contributed by atoms with Crippen LogP contribution in [-0.4, -0.2) is 28.1 Å². The van der Waals surface area contributed by atoms with Crippen molar-refractivity contribution < 1.29 is 9.90 Å². The molecule has 1 aliphatic rings. The predicted octanol–water partition coefficient (Wildman–Crippen LogP) is 2.30. The molecule has 0 atom stereocenters. The number of carboxylic acid groups (broad SMARTS) is 1. The second-order valence-electron chi connectivity index (χ2n) is 5.34. The molecule has 21 heavy (non-hydrogen) atoms. The average Bonchev–Trinajstić information content (AvgIpc) is 2.94. The van der Waals surface area contributed by atoms with Gasteiger partial charge in [0, 0.05) is 31.7 Å². The number of hydrogen-bond donors (Lipinski definition) is 1. The number of aryl methyl sites for hydroxylation is 2. The Balaban J connectivity index is 1.95. The molecule has 0 saturated carbocycles. The Kier molecular flexibility index (Phi) is 3.56. The lowest BCUT2D eigenvalue weighted by molar-refractivity contribution is 0.0697. The van der Waals surface area contributed by atoms with Crippen molar-refractivity contribution in [2.75, 3.05) is 11.9 Å². The molecule has 5 heteroatoms. The fourth-order valence-corrected chi connectivity index (χ4v) is 2.75. The molecule has 2 heterocycles. The number of pyridine rings is 2. The third-order valence-electron chi connectivity index (χ3n) is 3.77. The molecule has 2 aromatic rings. The van der Waals surface area contributed by atoms with Crippen molar-refractivity contribution in [2.45, 2.75) is 25.8 Å². The molecule has 3 rings (SSSR count). The Labute approximate surface area is 123 Å². The van der Waals surface area contributed by atoms with Gasteiger partial charge in [0.1, 0.15) is 11.4 Å². The highest BCUT2D eigenvalue weighted by atomic mass is 16.4. The van der Waals surface area contributed by atoms with Gasteiger partial charge in [-0.1, -0.05) is 6.07 Å². The fraction of sp³-hybridized carbons (Fsp3) is 0.312. The third kappa shape index (κ3) is 2.72. The second kappa shape index (κ2) is 5.52. The van der Waals surface area contributed by atoms with Gasteiger partial charge in [0.25, 0.3) is 0 Å². The van der Waals surface area contributed by atoms with Crippen LogP contribution in [0.3, 0.4) is 0 Å². The van der Waals surface area contributed by atoms with Crippen LogP contribution in [0.5, 0.6) is 0 Å². The number of aromatic carboxylic acids is 1. The van der Waals surface area contributed by atoms with E-state index in [1.54, 1.807) is 18.5 Å². The number of carbonyl (C=O) groups is 1. The highest BCUT2D eigenvalue weighted by Gasteiger charge is 2.22. The van der Waals surface area contributed by atoms with E-state index < -0.39 is 5.97 Å². The van der Waals surface area contributed by atoms with Crippen molar-refractivity contribution in [1.82, 2.24) is 9.97 Å². The van der Waals surface area contributed by atoms with E-state index >= 15 is 0 Å². The summed E-state index contributed by atoms with van der Waals surface area (Å²) in [6.45, 7) is 0.583. The van der Waals surface area contributed by atoms with Crippen molar-refractivity contribution in [2.24, 2.45) is 0 Å². The molecule has 0 fully saturated rings. The van der Waals surface area contributed by atoms with Crippen LogP contribution in [0, 0.1) is 0 Å². The minimum atomic E-state index is -0.926. The minimum absolute atomic E-state index is 0.280. The van der Waals surface area contributed by atoms with Crippen molar-refractivity contribution in [3.63, 3.8) is 0 Å². The van der Waals surface area contributed by atoms with Gasteiger partial charge in [-0.25, -0.2) is 9.78 Å². The molecule has 0 aromatic carbocycles. The first-order chi connectivity index (χ1) is 10.1. The van der Waals surface area contributed by atoms with Crippen LogP contribution in [0.15, 0.2) is 30.6 Å².